The molecule has 53 heavy (non-hydrogen) atoms. The maximum absolute atomic E-state index is 5.78. The van der Waals surface area contributed by atoms with Crippen LogP contribution in [0.2, 0.25) is 0 Å². The van der Waals surface area contributed by atoms with Gasteiger partial charge in [0.15, 0.2) is 0 Å². The first-order valence-electron chi connectivity index (χ1n) is 17.1. The second kappa shape index (κ2) is 15.8. The number of hydrogen-bond donors (Lipinski definition) is 2. The zero-order valence-corrected chi connectivity index (χ0v) is 31.7. The van der Waals surface area contributed by atoms with Crippen LogP contribution in [0, 0.1) is 0 Å². The Hall–Kier alpha value is -5.86. The highest BCUT2D eigenvalue weighted by Gasteiger charge is 2.07. The van der Waals surface area contributed by atoms with Crippen LogP contribution in [-0.4, -0.2) is 9.97 Å². The van der Waals surface area contributed by atoms with Gasteiger partial charge in [0, 0.05) is 85.4 Å². The largest absolute Gasteiger partial charge is 0.399 e. The summed E-state index contributed by atoms with van der Waals surface area (Å²) >= 11 is 7.05. The fraction of sp³-hybridized carbons (Fsp3) is 0. The molecule has 0 radical (unpaired) electrons. The number of benzene rings is 6. The molecule has 10 rings (SSSR count). The van der Waals surface area contributed by atoms with Crippen LogP contribution in [0.3, 0.4) is 0 Å². The van der Waals surface area contributed by atoms with Gasteiger partial charge in [0.25, 0.3) is 0 Å². The van der Waals surface area contributed by atoms with Gasteiger partial charge in [0.2, 0.25) is 0 Å². The molecule has 4 heterocycles. The highest BCUT2D eigenvalue weighted by Crippen LogP contribution is 2.36. The Labute approximate surface area is 324 Å². The van der Waals surface area contributed by atoms with Crippen molar-refractivity contribution >= 4 is 96.0 Å². The summed E-state index contributed by atoms with van der Waals surface area (Å²) < 4.78 is 6.38. The molecule has 3 N–H and O–H groups in total. The number of thiophene rings is 2. The molecular formula is C46H33BrN4S2. The Balaban J connectivity index is 0.000000125. The van der Waals surface area contributed by atoms with Gasteiger partial charge in [-0.3, -0.25) is 9.97 Å². The summed E-state index contributed by atoms with van der Waals surface area (Å²) in [6, 6.07) is 58.1. The quantitative estimate of drug-likeness (QED) is 0.174. The van der Waals surface area contributed by atoms with Crippen molar-refractivity contribution in [3.05, 3.63) is 187 Å². The molecule has 0 aliphatic carbocycles. The summed E-state index contributed by atoms with van der Waals surface area (Å²) in [6.45, 7) is 0. The third kappa shape index (κ3) is 7.98. The van der Waals surface area contributed by atoms with Crippen LogP contribution < -0.4 is 11.1 Å². The molecule has 0 spiro atoms. The van der Waals surface area contributed by atoms with E-state index in [1.54, 1.807) is 6.20 Å². The maximum Gasteiger partial charge on any atom is 0.0701 e. The van der Waals surface area contributed by atoms with Crippen LogP contribution in [0.5, 0.6) is 0 Å². The van der Waals surface area contributed by atoms with Crippen molar-refractivity contribution in [2.24, 2.45) is 0 Å². The van der Waals surface area contributed by atoms with Crippen molar-refractivity contribution in [2.75, 3.05) is 11.1 Å². The van der Waals surface area contributed by atoms with E-state index in [2.05, 4.69) is 128 Å². The van der Waals surface area contributed by atoms with Crippen molar-refractivity contribution < 1.29 is 0 Å². The summed E-state index contributed by atoms with van der Waals surface area (Å²) in [4.78, 5) is 8.66. The van der Waals surface area contributed by atoms with Gasteiger partial charge in [-0.2, -0.15) is 0 Å². The number of aromatic nitrogens is 2. The minimum Gasteiger partial charge on any atom is -0.399 e. The van der Waals surface area contributed by atoms with Gasteiger partial charge in [-0.05, 0) is 97.1 Å². The second-order valence-corrected chi connectivity index (χ2v) is 15.4. The lowest BCUT2D eigenvalue weighted by Gasteiger charge is -2.08. The van der Waals surface area contributed by atoms with Gasteiger partial charge >= 0.3 is 0 Å². The van der Waals surface area contributed by atoms with Crippen molar-refractivity contribution in [2.45, 2.75) is 0 Å². The van der Waals surface area contributed by atoms with Crippen LogP contribution in [0.15, 0.2) is 187 Å². The number of anilines is 3. The molecule has 0 aliphatic rings. The van der Waals surface area contributed by atoms with E-state index in [1.165, 1.54) is 40.3 Å². The zero-order chi connectivity index (χ0) is 36.0. The first-order valence-corrected chi connectivity index (χ1v) is 19.5. The summed E-state index contributed by atoms with van der Waals surface area (Å²) in [5.74, 6) is 0. The lowest BCUT2D eigenvalue weighted by atomic mass is 10.1. The molecule has 0 aliphatic heterocycles. The summed E-state index contributed by atoms with van der Waals surface area (Å²) in [5.41, 5.74) is 13.1. The number of rotatable bonds is 4. The molecule has 0 atom stereocenters. The predicted molar refractivity (Wildman–Crippen MR) is 233 cm³/mol. The molecule has 0 bridgehead atoms. The fourth-order valence-electron chi connectivity index (χ4n) is 6.13. The van der Waals surface area contributed by atoms with Crippen molar-refractivity contribution in [1.29, 1.82) is 0 Å². The number of nitrogen functional groups attached to an aromatic ring is 1. The van der Waals surface area contributed by atoms with Gasteiger partial charge in [-0.15, -0.1) is 22.7 Å². The van der Waals surface area contributed by atoms with Gasteiger partial charge in [-0.25, -0.2) is 0 Å². The number of pyridine rings is 2. The molecule has 4 nitrogen and oxygen atoms in total. The fourth-order valence-corrected chi connectivity index (χ4v) is 8.56. The minimum absolute atomic E-state index is 0.834. The van der Waals surface area contributed by atoms with Gasteiger partial charge in [-0.1, -0.05) is 88.7 Å². The Morgan fingerprint density at radius 1 is 0.434 bits per heavy atom. The Morgan fingerprint density at radius 2 is 0.906 bits per heavy atom. The number of fused-ring (bicyclic) bond motifs is 6. The normalized spacial score (nSPS) is 10.8. The summed E-state index contributed by atoms with van der Waals surface area (Å²) in [5, 5.41) is 8.72. The third-order valence-electron chi connectivity index (χ3n) is 8.72. The van der Waals surface area contributed by atoms with Crippen LogP contribution in [0.4, 0.5) is 17.1 Å². The third-order valence-corrected chi connectivity index (χ3v) is 11.5. The first kappa shape index (κ1) is 34.2. The van der Waals surface area contributed by atoms with Crippen LogP contribution >= 0.6 is 38.6 Å². The molecule has 256 valence electrons. The molecular weight excluding hydrogens is 753 g/mol. The molecule has 0 unspecified atom stereocenters. The topological polar surface area (TPSA) is 63.8 Å². The van der Waals surface area contributed by atoms with E-state index in [0.717, 1.165) is 44.0 Å². The van der Waals surface area contributed by atoms with Crippen LogP contribution in [0.25, 0.3) is 62.9 Å². The van der Waals surface area contributed by atoms with Gasteiger partial charge < -0.3 is 11.1 Å². The van der Waals surface area contributed by atoms with E-state index in [4.69, 9.17) is 5.73 Å². The van der Waals surface area contributed by atoms with Crippen molar-refractivity contribution in [3.63, 3.8) is 0 Å². The molecule has 0 fully saturated rings. The highest BCUT2D eigenvalue weighted by molar-refractivity contribution is 9.10. The first-order chi connectivity index (χ1) is 26.1. The van der Waals surface area contributed by atoms with E-state index < -0.39 is 0 Å². The van der Waals surface area contributed by atoms with Crippen LogP contribution in [0.1, 0.15) is 0 Å². The standard InChI is InChI=1S/C23H16N2S.C12H9NS.C11H8BrN/c1-2-7-22-19(5-1)20-15-18(12-13-23(20)26-22)25-17-10-8-16(9-11-17)21-6-3-4-14-24-21;13-8-5-6-12-10(7-8)9-3-1-2-4-11(9)14-12;12-10-6-4-9(5-7-10)11-3-1-2-8-13-11/h1-15,25H;1-7H,13H2;1-8H. The van der Waals surface area contributed by atoms with Gasteiger partial charge in [0.05, 0.1) is 11.4 Å². The number of halogens is 1. The molecule has 10 aromatic rings. The summed E-state index contributed by atoms with van der Waals surface area (Å²) in [6.07, 6.45) is 3.62. The average molecular weight is 786 g/mol. The van der Waals surface area contributed by atoms with Crippen molar-refractivity contribution in [3.8, 4) is 22.5 Å². The minimum atomic E-state index is 0.834. The zero-order valence-electron chi connectivity index (χ0n) is 28.5. The smallest absolute Gasteiger partial charge is 0.0701 e. The SMILES string of the molecule is Brc1ccc(-c2ccccn2)cc1.Nc1ccc2sc3ccccc3c2c1.c1ccc(-c2ccc(Nc3ccc4sc5ccccc5c4c3)cc2)nc1. The van der Waals surface area contributed by atoms with Crippen molar-refractivity contribution in [1.82, 2.24) is 9.97 Å². The average Bonchev–Trinajstić information content (AvgIpc) is 3.77. The summed E-state index contributed by atoms with van der Waals surface area (Å²) in [7, 11) is 0. The highest BCUT2D eigenvalue weighted by atomic mass is 79.9. The monoisotopic (exact) mass is 784 g/mol. The maximum atomic E-state index is 5.78. The van der Waals surface area contributed by atoms with E-state index in [9.17, 15) is 0 Å². The van der Waals surface area contributed by atoms with E-state index >= 15 is 0 Å². The predicted octanol–water partition coefficient (Wildman–Crippen LogP) is 14.0. The molecule has 0 amide bonds. The number of nitrogens with zero attached hydrogens (tertiary/aromatic N) is 2. The second-order valence-electron chi connectivity index (χ2n) is 12.3. The van der Waals surface area contributed by atoms with E-state index in [1.807, 2.05) is 102 Å². The van der Waals surface area contributed by atoms with E-state index in [0.29, 0.717) is 0 Å². The molecule has 0 saturated carbocycles. The number of nitrogens with one attached hydrogen (secondary N) is 1. The Kier molecular flexibility index (Phi) is 10.2. The van der Waals surface area contributed by atoms with Gasteiger partial charge in [0.1, 0.15) is 0 Å². The van der Waals surface area contributed by atoms with Crippen LogP contribution in [-0.2, 0) is 0 Å². The molecule has 7 heteroatoms. The molecule has 6 aromatic carbocycles. The Morgan fingerprint density at radius 3 is 1.47 bits per heavy atom. The molecule has 4 aromatic heterocycles. The number of hydrogen-bond acceptors (Lipinski definition) is 6. The number of nitrogens with two attached hydrogens (primary N) is 1. The van der Waals surface area contributed by atoms with E-state index in [-0.39, 0.29) is 0 Å². The lowest BCUT2D eigenvalue weighted by Crippen LogP contribution is -1.90. The molecule has 0 saturated heterocycles. The lowest BCUT2D eigenvalue weighted by molar-refractivity contribution is 1.33. The Bertz CT molecular complexity index is 2760.